The first-order chi connectivity index (χ1) is 11.7. The molecule has 2 fully saturated rings. The molecular formula is C17H31F3N4O. The first kappa shape index (κ1) is 20.3. The number of nitrogens with one attached hydrogen (secondary N) is 1. The highest BCUT2D eigenvalue weighted by Crippen LogP contribution is 2.28. The molecule has 0 bridgehead atoms. The van der Waals surface area contributed by atoms with Crippen LogP contribution in [0.15, 0.2) is 4.99 Å². The normalized spacial score (nSPS) is 24.2. The standard InChI is InChI=1S/C17H31F3N4O/c1-3-21-15(22-13-16(25)7-5-4-6-8-16)24-11-9-23(10-12-24)14(2)17(18,19)20/h14,25H,3-13H2,1-2H3,(H,21,22). The van der Waals surface area contributed by atoms with E-state index in [0.717, 1.165) is 32.1 Å². The number of rotatable bonds is 4. The molecule has 2 N–H and O–H groups in total. The molecule has 0 amide bonds. The van der Waals surface area contributed by atoms with Crippen LogP contribution in [0.2, 0.25) is 0 Å². The summed E-state index contributed by atoms with van der Waals surface area (Å²) >= 11 is 0. The zero-order chi connectivity index (χ0) is 18.5. The molecule has 0 spiro atoms. The third kappa shape index (κ3) is 5.74. The van der Waals surface area contributed by atoms with E-state index in [1.54, 1.807) is 0 Å². The van der Waals surface area contributed by atoms with E-state index < -0.39 is 17.8 Å². The molecule has 0 aromatic carbocycles. The van der Waals surface area contributed by atoms with Crippen LogP contribution < -0.4 is 5.32 Å². The Bertz CT molecular complexity index is 442. The molecule has 5 nitrogen and oxygen atoms in total. The SMILES string of the molecule is CCNC(=NCC1(O)CCCCC1)N1CCN(C(C)C(F)(F)F)CC1. The lowest BCUT2D eigenvalue weighted by Gasteiger charge is -2.40. The van der Waals surface area contributed by atoms with E-state index in [9.17, 15) is 18.3 Å². The van der Waals surface area contributed by atoms with Gasteiger partial charge in [-0.25, -0.2) is 0 Å². The van der Waals surface area contributed by atoms with Crippen LogP contribution in [0, 0.1) is 0 Å². The average molecular weight is 364 g/mol. The van der Waals surface area contributed by atoms with Crippen molar-refractivity contribution in [2.75, 3.05) is 39.3 Å². The fourth-order valence-electron chi connectivity index (χ4n) is 3.54. The minimum absolute atomic E-state index is 0.356. The fraction of sp³-hybridized carbons (Fsp3) is 0.941. The Labute approximate surface area is 148 Å². The van der Waals surface area contributed by atoms with E-state index >= 15 is 0 Å². The maximum atomic E-state index is 12.9. The van der Waals surface area contributed by atoms with Gasteiger partial charge in [-0.1, -0.05) is 19.3 Å². The van der Waals surface area contributed by atoms with Gasteiger partial charge in [-0.05, 0) is 26.7 Å². The Kier molecular flexibility index (Phi) is 6.96. The number of hydrogen-bond donors (Lipinski definition) is 2. The van der Waals surface area contributed by atoms with Gasteiger partial charge in [-0.15, -0.1) is 0 Å². The van der Waals surface area contributed by atoms with Crippen molar-refractivity contribution in [3.8, 4) is 0 Å². The van der Waals surface area contributed by atoms with Gasteiger partial charge >= 0.3 is 6.18 Å². The lowest BCUT2D eigenvalue weighted by molar-refractivity contribution is -0.181. The Hall–Kier alpha value is -1.02. The summed E-state index contributed by atoms with van der Waals surface area (Å²) in [6.45, 7) is 5.95. The molecule has 1 atom stereocenters. The molecular weight excluding hydrogens is 333 g/mol. The second-order valence-electron chi connectivity index (χ2n) is 7.20. The molecule has 146 valence electrons. The van der Waals surface area contributed by atoms with Crippen LogP contribution in [0.5, 0.6) is 0 Å². The van der Waals surface area contributed by atoms with Crippen molar-refractivity contribution in [1.29, 1.82) is 0 Å². The first-order valence-electron chi connectivity index (χ1n) is 9.31. The minimum Gasteiger partial charge on any atom is -0.388 e. The van der Waals surface area contributed by atoms with Gasteiger partial charge in [0.1, 0.15) is 6.04 Å². The van der Waals surface area contributed by atoms with E-state index in [-0.39, 0.29) is 0 Å². The summed E-state index contributed by atoms with van der Waals surface area (Å²) < 4.78 is 38.6. The lowest BCUT2D eigenvalue weighted by atomic mass is 9.85. The molecule has 1 saturated heterocycles. The number of aliphatic imine (C=N–C) groups is 1. The summed E-state index contributed by atoms with van der Waals surface area (Å²) in [7, 11) is 0. The Morgan fingerprint density at radius 2 is 1.76 bits per heavy atom. The molecule has 1 saturated carbocycles. The summed E-state index contributed by atoms with van der Waals surface area (Å²) in [6, 6.07) is -1.42. The molecule has 0 radical (unpaired) electrons. The molecule has 8 heteroatoms. The van der Waals surface area contributed by atoms with Gasteiger partial charge in [0.25, 0.3) is 0 Å². The highest BCUT2D eigenvalue weighted by molar-refractivity contribution is 5.80. The monoisotopic (exact) mass is 364 g/mol. The van der Waals surface area contributed by atoms with E-state index in [4.69, 9.17) is 0 Å². The lowest BCUT2D eigenvalue weighted by Crippen LogP contribution is -2.57. The molecule has 25 heavy (non-hydrogen) atoms. The predicted octanol–water partition coefficient (Wildman–Crippen LogP) is 2.22. The number of aliphatic hydroxyl groups is 1. The summed E-state index contributed by atoms with van der Waals surface area (Å²) in [5, 5.41) is 13.8. The van der Waals surface area contributed by atoms with E-state index in [2.05, 4.69) is 10.3 Å². The largest absolute Gasteiger partial charge is 0.403 e. The van der Waals surface area contributed by atoms with Crippen molar-refractivity contribution in [2.24, 2.45) is 4.99 Å². The number of hydrogen-bond acceptors (Lipinski definition) is 3. The minimum atomic E-state index is -4.19. The van der Waals surface area contributed by atoms with Crippen molar-refractivity contribution >= 4 is 5.96 Å². The van der Waals surface area contributed by atoms with Gasteiger partial charge in [0.15, 0.2) is 5.96 Å². The molecule has 1 unspecified atom stereocenters. The van der Waals surface area contributed by atoms with Crippen molar-refractivity contribution in [2.45, 2.75) is 63.8 Å². The van der Waals surface area contributed by atoms with Crippen molar-refractivity contribution in [3.05, 3.63) is 0 Å². The van der Waals surface area contributed by atoms with Crippen LogP contribution in [0.3, 0.4) is 0 Å². The maximum Gasteiger partial charge on any atom is 0.403 e. The second-order valence-corrected chi connectivity index (χ2v) is 7.20. The highest BCUT2D eigenvalue weighted by atomic mass is 19.4. The fourth-order valence-corrected chi connectivity index (χ4v) is 3.54. The van der Waals surface area contributed by atoms with E-state index in [0.29, 0.717) is 45.2 Å². The van der Waals surface area contributed by atoms with Crippen LogP contribution in [-0.2, 0) is 0 Å². The molecule has 1 aliphatic heterocycles. The number of nitrogens with zero attached hydrogens (tertiary/aromatic N) is 3. The van der Waals surface area contributed by atoms with Gasteiger partial charge in [-0.2, -0.15) is 13.2 Å². The molecule has 1 heterocycles. The average Bonchev–Trinajstić information content (AvgIpc) is 2.58. The van der Waals surface area contributed by atoms with Gasteiger partial charge in [0.05, 0.1) is 12.1 Å². The maximum absolute atomic E-state index is 12.9. The molecule has 2 rings (SSSR count). The predicted molar refractivity (Wildman–Crippen MR) is 92.7 cm³/mol. The number of alkyl halides is 3. The molecule has 0 aromatic heterocycles. The Morgan fingerprint density at radius 3 is 2.28 bits per heavy atom. The molecule has 1 aliphatic carbocycles. The van der Waals surface area contributed by atoms with E-state index in [1.807, 2.05) is 11.8 Å². The van der Waals surface area contributed by atoms with Crippen molar-refractivity contribution in [3.63, 3.8) is 0 Å². The third-order valence-corrected chi connectivity index (χ3v) is 5.28. The Morgan fingerprint density at radius 1 is 1.16 bits per heavy atom. The first-order valence-corrected chi connectivity index (χ1v) is 9.31. The summed E-state index contributed by atoms with van der Waals surface area (Å²) in [5.41, 5.74) is -0.731. The quantitative estimate of drug-likeness (QED) is 0.593. The van der Waals surface area contributed by atoms with Crippen LogP contribution >= 0.6 is 0 Å². The van der Waals surface area contributed by atoms with Gasteiger partial charge < -0.3 is 15.3 Å². The van der Waals surface area contributed by atoms with Crippen molar-refractivity contribution < 1.29 is 18.3 Å². The number of halogens is 3. The number of guanidine groups is 1. The molecule has 2 aliphatic rings. The third-order valence-electron chi connectivity index (χ3n) is 5.28. The van der Waals surface area contributed by atoms with Crippen molar-refractivity contribution in [1.82, 2.24) is 15.1 Å². The van der Waals surface area contributed by atoms with Gasteiger partial charge in [0, 0.05) is 32.7 Å². The highest BCUT2D eigenvalue weighted by Gasteiger charge is 2.41. The topological polar surface area (TPSA) is 51.1 Å². The summed E-state index contributed by atoms with van der Waals surface area (Å²) in [4.78, 5) is 8.05. The zero-order valence-electron chi connectivity index (χ0n) is 15.3. The van der Waals surface area contributed by atoms with Crippen LogP contribution in [0.1, 0.15) is 46.0 Å². The second kappa shape index (κ2) is 8.58. The van der Waals surface area contributed by atoms with Gasteiger partial charge in [0.2, 0.25) is 0 Å². The number of piperazine rings is 1. The van der Waals surface area contributed by atoms with Crippen LogP contribution in [0.4, 0.5) is 13.2 Å². The van der Waals surface area contributed by atoms with E-state index in [1.165, 1.54) is 11.8 Å². The summed E-state index contributed by atoms with van der Waals surface area (Å²) in [5.74, 6) is 0.695. The smallest absolute Gasteiger partial charge is 0.388 e. The van der Waals surface area contributed by atoms with Crippen LogP contribution in [-0.4, -0.2) is 78.0 Å². The van der Waals surface area contributed by atoms with Gasteiger partial charge in [-0.3, -0.25) is 9.89 Å². The Balaban J connectivity index is 1.93. The molecule has 0 aromatic rings. The summed E-state index contributed by atoms with van der Waals surface area (Å²) in [6.07, 6.45) is 0.559. The zero-order valence-corrected chi connectivity index (χ0v) is 15.3. The van der Waals surface area contributed by atoms with Crippen LogP contribution in [0.25, 0.3) is 0 Å².